The van der Waals surface area contributed by atoms with Crippen LogP contribution in [0.25, 0.3) is 21.1 Å². The number of nitrogens with zero attached hydrogens (tertiary/aromatic N) is 3. The number of ether oxygens (including phenoxy) is 1. The Bertz CT molecular complexity index is 1200. The summed E-state index contributed by atoms with van der Waals surface area (Å²) in [6.45, 7) is 2.13. The number of fused-ring (bicyclic) bond motifs is 2. The van der Waals surface area contributed by atoms with Gasteiger partial charge in [0.25, 0.3) is 0 Å². The van der Waals surface area contributed by atoms with Crippen molar-refractivity contribution in [1.29, 1.82) is 0 Å². The zero-order valence-electron chi connectivity index (χ0n) is 16.0. The fourth-order valence-corrected chi connectivity index (χ4v) is 5.15. The van der Waals surface area contributed by atoms with E-state index in [9.17, 15) is 4.79 Å². The summed E-state index contributed by atoms with van der Waals surface area (Å²) < 4.78 is 8.07. The van der Waals surface area contributed by atoms with Crippen molar-refractivity contribution in [2.75, 3.05) is 6.61 Å². The van der Waals surface area contributed by atoms with E-state index in [2.05, 4.69) is 28.5 Å². The summed E-state index contributed by atoms with van der Waals surface area (Å²) >= 11 is 14.6. The minimum absolute atomic E-state index is 0.177. The number of hydrogen-bond acceptors (Lipinski definition) is 5. The third-order valence-corrected chi connectivity index (χ3v) is 6.69. The molecule has 0 fully saturated rings. The van der Waals surface area contributed by atoms with E-state index in [-0.39, 0.29) is 18.3 Å². The highest BCUT2D eigenvalue weighted by molar-refractivity contribution is 7.17. The van der Waals surface area contributed by atoms with Crippen molar-refractivity contribution in [3.05, 3.63) is 57.4 Å². The quantitative estimate of drug-likeness (QED) is 0.282. The van der Waals surface area contributed by atoms with Crippen LogP contribution in [0.2, 0.25) is 5.02 Å². The van der Waals surface area contributed by atoms with Gasteiger partial charge in [-0.15, -0.1) is 28.0 Å². The summed E-state index contributed by atoms with van der Waals surface area (Å²) in [6.07, 6.45) is 0.177. The molecule has 0 saturated carbocycles. The Hall–Kier alpha value is -2.15. The largest absolute Gasteiger partial charge is 0.466 e. The molecule has 5 nitrogen and oxygen atoms in total. The van der Waals surface area contributed by atoms with Crippen molar-refractivity contribution in [2.24, 2.45) is 7.05 Å². The van der Waals surface area contributed by atoms with E-state index in [1.54, 1.807) is 22.9 Å². The van der Waals surface area contributed by atoms with Gasteiger partial charge in [-0.3, -0.25) is 4.79 Å². The molecule has 0 aliphatic heterocycles. The molecule has 29 heavy (non-hydrogen) atoms. The normalized spacial score (nSPS) is 12.6. The number of benzene rings is 2. The van der Waals surface area contributed by atoms with E-state index < -0.39 is 0 Å². The molecule has 0 aliphatic rings. The molecule has 8 heteroatoms. The standard InChI is InChI=1S/C21H19Cl2N3O2S/c1-3-28-18(27)10-16(13-8-12-6-7-29-21(12)14(9-13)11-22)15-4-5-17-20(19(15)23)24-25-26(17)2/h4-9,16H,3,10-11H2,1-2H3/t16-/m0/s1. The fourth-order valence-electron chi connectivity index (χ4n) is 3.63. The molecule has 150 valence electrons. The summed E-state index contributed by atoms with van der Waals surface area (Å²) in [5.74, 6) is -0.154. The second kappa shape index (κ2) is 8.30. The lowest BCUT2D eigenvalue weighted by Gasteiger charge is -2.20. The van der Waals surface area contributed by atoms with Crippen LogP contribution in [0.5, 0.6) is 0 Å². The topological polar surface area (TPSA) is 57.0 Å². The number of carbonyl (C=O) groups excluding carboxylic acids is 1. The maximum Gasteiger partial charge on any atom is 0.306 e. The summed E-state index contributed by atoms with van der Waals surface area (Å²) in [4.78, 5) is 12.4. The van der Waals surface area contributed by atoms with Gasteiger partial charge in [0.2, 0.25) is 0 Å². The smallest absolute Gasteiger partial charge is 0.306 e. The van der Waals surface area contributed by atoms with Crippen LogP contribution in [-0.2, 0) is 22.5 Å². The maximum absolute atomic E-state index is 12.4. The van der Waals surface area contributed by atoms with Crippen LogP contribution in [0.15, 0.2) is 35.7 Å². The van der Waals surface area contributed by atoms with Crippen LogP contribution < -0.4 is 0 Å². The van der Waals surface area contributed by atoms with Crippen molar-refractivity contribution in [1.82, 2.24) is 15.0 Å². The minimum atomic E-state index is -0.278. The molecule has 2 aromatic heterocycles. The van der Waals surface area contributed by atoms with Gasteiger partial charge in [-0.05, 0) is 52.6 Å². The third kappa shape index (κ3) is 3.72. The molecule has 2 aromatic carbocycles. The summed E-state index contributed by atoms with van der Waals surface area (Å²) in [5, 5.41) is 11.9. The Balaban J connectivity index is 1.88. The predicted molar refractivity (Wildman–Crippen MR) is 118 cm³/mol. The maximum atomic E-state index is 12.4. The van der Waals surface area contributed by atoms with Gasteiger partial charge < -0.3 is 4.74 Å². The van der Waals surface area contributed by atoms with E-state index in [1.165, 1.54) is 0 Å². The molecule has 0 aliphatic carbocycles. The van der Waals surface area contributed by atoms with Gasteiger partial charge in [-0.2, -0.15) is 0 Å². The average molecular weight is 448 g/mol. The summed E-state index contributed by atoms with van der Waals surface area (Å²) in [5.41, 5.74) is 4.30. The Morgan fingerprint density at radius 3 is 2.90 bits per heavy atom. The molecular formula is C21H19Cl2N3O2S. The Labute approximate surface area is 182 Å². The minimum Gasteiger partial charge on any atom is -0.466 e. The molecular weight excluding hydrogens is 429 g/mol. The van der Waals surface area contributed by atoms with Crippen LogP contribution in [-0.4, -0.2) is 27.6 Å². The second-order valence-corrected chi connectivity index (χ2v) is 8.33. The highest BCUT2D eigenvalue weighted by Crippen LogP contribution is 2.39. The van der Waals surface area contributed by atoms with Crippen molar-refractivity contribution in [3.8, 4) is 0 Å². The first-order valence-electron chi connectivity index (χ1n) is 9.22. The number of aryl methyl sites for hydroxylation is 1. The SMILES string of the molecule is CCOC(=O)C[C@@H](c1cc(CCl)c2sccc2c1)c1ccc2c(nnn2C)c1Cl. The number of carbonyl (C=O) groups is 1. The first kappa shape index (κ1) is 20.1. The summed E-state index contributed by atoms with van der Waals surface area (Å²) in [6, 6.07) is 10.1. The number of esters is 1. The van der Waals surface area contributed by atoms with Gasteiger partial charge in [0, 0.05) is 23.5 Å². The highest BCUT2D eigenvalue weighted by atomic mass is 35.5. The Morgan fingerprint density at radius 1 is 1.31 bits per heavy atom. The monoisotopic (exact) mass is 447 g/mol. The number of aromatic nitrogens is 3. The first-order chi connectivity index (χ1) is 14.0. The second-order valence-electron chi connectivity index (χ2n) is 6.76. The van der Waals surface area contributed by atoms with E-state index in [0.717, 1.165) is 32.3 Å². The van der Waals surface area contributed by atoms with Crippen molar-refractivity contribution in [3.63, 3.8) is 0 Å². The van der Waals surface area contributed by atoms with Gasteiger partial charge >= 0.3 is 5.97 Å². The van der Waals surface area contributed by atoms with Crippen LogP contribution in [0, 0.1) is 0 Å². The van der Waals surface area contributed by atoms with Gasteiger partial charge in [-0.25, -0.2) is 4.68 Å². The van der Waals surface area contributed by atoms with Crippen LogP contribution in [0.1, 0.15) is 36.0 Å². The molecule has 0 amide bonds. The molecule has 0 saturated heterocycles. The van der Waals surface area contributed by atoms with Crippen LogP contribution in [0.4, 0.5) is 0 Å². The number of alkyl halides is 1. The van der Waals surface area contributed by atoms with Gasteiger partial charge in [0.1, 0.15) is 5.52 Å². The number of rotatable bonds is 6. The molecule has 4 rings (SSSR count). The van der Waals surface area contributed by atoms with Gasteiger partial charge in [0.15, 0.2) is 0 Å². The van der Waals surface area contributed by atoms with E-state index in [0.29, 0.717) is 23.0 Å². The van der Waals surface area contributed by atoms with Crippen LogP contribution in [0.3, 0.4) is 0 Å². The molecule has 0 unspecified atom stereocenters. The molecule has 0 spiro atoms. The fraction of sp³-hybridized carbons (Fsp3) is 0.286. The molecule has 0 N–H and O–H groups in total. The molecule has 4 aromatic rings. The molecule has 2 heterocycles. The molecule has 0 bridgehead atoms. The molecule has 0 radical (unpaired) electrons. The summed E-state index contributed by atoms with van der Waals surface area (Å²) in [7, 11) is 1.82. The predicted octanol–water partition coefficient (Wildman–Crippen LogP) is 5.66. The third-order valence-electron chi connectivity index (χ3n) is 5.00. The number of halogens is 2. The lowest BCUT2D eigenvalue weighted by molar-refractivity contribution is -0.143. The highest BCUT2D eigenvalue weighted by Gasteiger charge is 2.25. The van der Waals surface area contributed by atoms with Crippen molar-refractivity contribution < 1.29 is 9.53 Å². The van der Waals surface area contributed by atoms with Crippen molar-refractivity contribution in [2.45, 2.75) is 25.1 Å². The van der Waals surface area contributed by atoms with Crippen LogP contribution >= 0.6 is 34.5 Å². The van der Waals surface area contributed by atoms with Gasteiger partial charge in [-0.1, -0.05) is 28.9 Å². The Kier molecular flexibility index (Phi) is 5.76. The van der Waals surface area contributed by atoms with E-state index >= 15 is 0 Å². The van der Waals surface area contributed by atoms with Gasteiger partial charge in [0.05, 0.1) is 23.6 Å². The number of hydrogen-bond donors (Lipinski definition) is 0. The first-order valence-corrected chi connectivity index (χ1v) is 11.0. The average Bonchev–Trinajstić information content (AvgIpc) is 3.33. The lowest BCUT2D eigenvalue weighted by atomic mass is 9.87. The van der Waals surface area contributed by atoms with Crippen molar-refractivity contribution >= 4 is 61.6 Å². The lowest BCUT2D eigenvalue weighted by Crippen LogP contribution is -2.12. The van der Waals surface area contributed by atoms with E-state index in [4.69, 9.17) is 27.9 Å². The molecule has 1 atom stereocenters. The zero-order chi connectivity index (χ0) is 20.5. The number of thiophene rings is 1. The Morgan fingerprint density at radius 2 is 2.14 bits per heavy atom. The zero-order valence-corrected chi connectivity index (χ0v) is 18.3. The van der Waals surface area contributed by atoms with E-state index in [1.807, 2.05) is 24.6 Å².